The number of halogens is 1. The fourth-order valence-corrected chi connectivity index (χ4v) is 6.63. The first-order valence-corrected chi connectivity index (χ1v) is 14.0. The molecule has 3 rings (SSSR count). The number of thiophene rings is 1. The molecule has 0 saturated carbocycles. The molecule has 190 valence electrons. The van der Waals surface area contributed by atoms with Crippen LogP contribution >= 0.6 is 11.3 Å². The first-order valence-electron chi connectivity index (χ1n) is 11.7. The normalized spacial score (nSPS) is 11.9. The Hall–Kier alpha value is -2.72. The number of carbonyl (C=O) groups is 1. The van der Waals surface area contributed by atoms with Gasteiger partial charge in [-0.2, -0.15) is 0 Å². The number of nitrogens with one attached hydrogen (secondary N) is 2. The molecule has 1 aromatic carbocycles. The highest BCUT2D eigenvalue weighted by molar-refractivity contribution is 7.92. The molecule has 2 N–H and O–H groups in total. The Morgan fingerprint density at radius 3 is 2.57 bits per heavy atom. The topological polar surface area (TPSA) is 93.1 Å². The number of imidazole rings is 1. The van der Waals surface area contributed by atoms with Gasteiger partial charge in [-0.3, -0.25) is 0 Å². The highest BCUT2D eigenvalue weighted by atomic mass is 32.2. The van der Waals surface area contributed by atoms with Crippen molar-refractivity contribution in [2.75, 3.05) is 6.54 Å². The van der Waals surface area contributed by atoms with Crippen molar-refractivity contribution in [3.05, 3.63) is 58.7 Å². The van der Waals surface area contributed by atoms with Crippen LogP contribution in [-0.4, -0.2) is 30.5 Å². The molecule has 0 aliphatic rings. The minimum atomic E-state index is -4.14. The van der Waals surface area contributed by atoms with Gasteiger partial charge in [-0.25, -0.2) is 27.3 Å². The second-order valence-electron chi connectivity index (χ2n) is 9.25. The molecule has 0 radical (unpaired) electrons. The molecule has 0 saturated heterocycles. The van der Waals surface area contributed by atoms with Crippen molar-refractivity contribution >= 4 is 27.4 Å². The van der Waals surface area contributed by atoms with E-state index in [9.17, 15) is 13.2 Å². The summed E-state index contributed by atoms with van der Waals surface area (Å²) in [4.78, 5) is 17.3. The maximum absolute atomic E-state index is 15.2. The fourth-order valence-electron chi connectivity index (χ4n) is 3.75. The lowest BCUT2D eigenvalue weighted by Gasteiger charge is -2.12. The number of sulfonamides is 1. The largest absolute Gasteiger partial charge is 0.337 e. The molecule has 0 fully saturated rings. The van der Waals surface area contributed by atoms with Gasteiger partial charge in [-0.1, -0.05) is 46.8 Å². The molecule has 0 unspecified atom stereocenters. The molecule has 3 aromatic rings. The van der Waals surface area contributed by atoms with Gasteiger partial charge in [0.1, 0.15) is 15.9 Å². The van der Waals surface area contributed by atoms with Crippen LogP contribution in [0.15, 0.2) is 40.9 Å². The van der Waals surface area contributed by atoms with E-state index in [1.807, 2.05) is 45.4 Å². The monoisotopic (exact) mass is 520 g/mol. The van der Waals surface area contributed by atoms with Crippen molar-refractivity contribution in [3.63, 3.8) is 0 Å². The van der Waals surface area contributed by atoms with Crippen LogP contribution in [-0.2, 0) is 23.0 Å². The van der Waals surface area contributed by atoms with Gasteiger partial charge in [-0.15, -0.1) is 11.3 Å². The van der Waals surface area contributed by atoms with E-state index in [0.717, 1.165) is 22.0 Å². The average molecular weight is 521 g/mol. The van der Waals surface area contributed by atoms with Crippen molar-refractivity contribution in [1.82, 2.24) is 19.6 Å². The van der Waals surface area contributed by atoms with Crippen LogP contribution in [0.3, 0.4) is 0 Å². The lowest BCUT2D eigenvalue weighted by Crippen LogP contribution is -2.39. The zero-order valence-electron chi connectivity index (χ0n) is 20.8. The zero-order chi connectivity index (χ0) is 25.8. The summed E-state index contributed by atoms with van der Waals surface area (Å²) in [5, 5.41) is 2.51. The van der Waals surface area contributed by atoms with E-state index in [2.05, 4.69) is 15.0 Å². The SMILES string of the molecule is CCCNC(=O)NS(=O)(=O)c1sc(CC(C)C)cc1-c1ccc(Cn2ccnc2C(C)C)c(F)c1. The Labute approximate surface area is 210 Å². The minimum absolute atomic E-state index is 0.00338. The standard InChI is InChI=1S/C25H33FN4O3S2/c1-6-9-28-25(31)29-35(32,33)24-21(14-20(34-24)12-16(2)3)18-7-8-19(22(26)13-18)15-30-11-10-27-23(30)17(4)5/h7-8,10-11,13-14,16-17H,6,9,12,15H2,1-5H3,(H2,28,29,31). The molecule has 0 atom stereocenters. The third-order valence-corrected chi connectivity index (χ3v) is 8.36. The van der Waals surface area contributed by atoms with Crippen molar-refractivity contribution in [3.8, 4) is 11.1 Å². The average Bonchev–Trinajstić information content (AvgIpc) is 3.40. The third kappa shape index (κ3) is 6.70. The highest BCUT2D eigenvalue weighted by Crippen LogP contribution is 2.37. The fraction of sp³-hybridized carbons (Fsp3) is 0.440. The van der Waals surface area contributed by atoms with Crippen LogP contribution < -0.4 is 10.0 Å². The second kappa shape index (κ2) is 11.3. The number of hydrogen-bond acceptors (Lipinski definition) is 5. The molecule has 10 heteroatoms. The molecule has 7 nitrogen and oxygen atoms in total. The van der Waals surface area contributed by atoms with Crippen LogP contribution in [0.4, 0.5) is 9.18 Å². The molecule has 2 aromatic heterocycles. The second-order valence-corrected chi connectivity index (χ2v) is 12.3. The van der Waals surface area contributed by atoms with Gasteiger partial charge >= 0.3 is 6.03 Å². The van der Waals surface area contributed by atoms with Crippen LogP contribution in [0.25, 0.3) is 11.1 Å². The summed E-state index contributed by atoms with van der Waals surface area (Å²) < 4.78 is 45.4. The predicted molar refractivity (Wildman–Crippen MR) is 138 cm³/mol. The van der Waals surface area contributed by atoms with E-state index in [4.69, 9.17) is 0 Å². The lowest BCUT2D eigenvalue weighted by atomic mass is 10.0. The summed E-state index contributed by atoms with van der Waals surface area (Å²) >= 11 is 1.11. The summed E-state index contributed by atoms with van der Waals surface area (Å²) in [7, 11) is -4.14. The van der Waals surface area contributed by atoms with Gasteiger partial charge in [-0.05, 0) is 36.5 Å². The summed E-state index contributed by atoms with van der Waals surface area (Å²) in [6.45, 7) is 10.7. The molecular formula is C25H33FN4O3S2. The molecule has 2 heterocycles. The number of urea groups is 1. The van der Waals surface area contributed by atoms with Crippen LogP contribution in [0.2, 0.25) is 0 Å². The Morgan fingerprint density at radius 2 is 1.94 bits per heavy atom. The Kier molecular flexibility index (Phi) is 8.71. The Morgan fingerprint density at radius 1 is 1.20 bits per heavy atom. The minimum Gasteiger partial charge on any atom is -0.337 e. The molecule has 0 bridgehead atoms. The highest BCUT2D eigenvalue weighted by Gasteiger charge is 2.26. The number of hydrogen-bond donors (Lipinski definition) is 2. The Bertz CT molecular complexity index is 1280. The number of carbonyl (C=O) groups excluding carboxylic acids is 1. The van der Waals surface area contributed by atoms with Crippen molar-refractivity contribution < 1.29 is 17.6 Å². The van der Waals surface area contributed by atoms with Gasteiger partial charge in [0, 0.05) is 40.9 Å². The predicted octanol–water partition coefficient (Wildman–Crippen LogP) is 5.52. The van der Waals surface area contributed by atoms with E-state index >= 15 is 4.39 Å². The zero-order valence-corrected chi connectivity index (χ0v) is 22.4. The maximum Gasteiger partial charge on any atom is 0.328 e. The molecule has 35 heavy (non-hydrogen) atoms. The van der Waals surface area contributed by atoms with Gasteiger partial charge in [0.2, 0.25) is 0 Å². The molecular weight excluding hydrogens is 487 g/mol. The van der Waals surface area contributed by atoms with E-state index in [1.165, 1.54) is 6.07 Å². The third-order valence-electron chi connectivity index (χ3n) is 5.33. The maximum atomic E-state index is 15.2. The van der Waals surface area contributed by atoms with Crippen LogP contribution in [0.1, 0.15) is 63.2 Å². The Balaban J connectivity index is 1.97. The van der Waals surface area contributed by atoms with E-state index < -0.39 is 21.9 Å². The van der Waals surface area contributed by atoms with Crippen LogP contribution in [0, 0.1) is 11.7 Å². The number of aromatic nitrogens is 2. The molecule has 2 amide bonds. The van der Waals surface area contributed by atoms with E-state index in [-0.39, 0.29) is 10.1 Å². The molecule has 0 spiro atoms. The first-order chi connectivity index (χ1) is 16.5. The van der Waals surface area contributed by atoms with Gasteiger partial charge in [0.15, 0.2) is 0 Å². The summed E-state index contributed by atoms with van der Waals surface area (Å²) in [5.41, 5.74) is 1.31. The molecule has 0 aliphatic heterocycles. The van der Waals surface area contributed by atoms with E-state index in [0.29, 0.717) is 48.5 Å². The number of rotatable bonds is 10. The number of amides is 2. The number of benzene rings is 1. The first kappa shape index (κ1) is 26.9. The lowest BCUT2D eigenvalue weighted by molar-refractivity contribution is 0.246. The molecule has 0 aliphatic carbocycles. The van der Waals surface area contributed by atoms with E-state index in [1.54, 1.807) is 24.4 Å². The van der Waals surface area contributed by atoms with Crippen molar-refractivity contribution in [1.29, 1.82) is 0 Å². The summed E-state index contributed by atoms with van der Waals surface area (Å²) in [6, 6.07) is 5.76. The smallest absolute Gasteiger partial charge is 0.328 e. The van der Waals surface area contributed by atoms with Crippen LogP contribution in [0.5, 0.6) is 0 Å². The summed E-state index contributed by atoms with van der Waals surface area (Å²) in [5.74, 6) is 0.944. The van der Waals surface area contributed by atoms with Crippen molar-refractivity contribution in [2.45, 2.75) is 64.1 Å². The quantitative estimate of drug-likeness (QED) is 0.368. The number of nitrogens with zero attached hydrogens (tertiary/aromatic N) is 2. The van der Waals surface area contributed by atoms with Gasteiger partial charge in [0.25, 0.3) is 10.0 Å². The van der Waals surface area contributed by atoms with Gasteiger partial charge in [0.05, 0.1) is 6.54 Å². The van der Waals surface area contributed by atoms with Crippen molar-refractivity contribution in [2.24, 2.45) is 5.92 Å². The summed E-state index contributed by atoms with van der Waals surface area (Å²) in [6.07, 6.45) is 4.87. The van der Waals surface area contributed by atoms with Gasteiger partial charge < -0.3 is 9.88 Å².